The van der Waals surface area contributed by atoms with Crippen molar-refractivity contribution >= 4 is 55.6 Å². The number of hydrazone groups is 1. The molecule has 16 nitrogen and oxygen atoms in total. The normalized spacial score (nSPS) is 15.1. The predicted octanol–water partition coefficient (Wildman–Crippen LogP) is 1.34. The quantitative estimate of drug-likeness (QED) is 0.128. The summed E-state index contributed by atoms with van der Waals surface area (Å²) < 4.78 is 64.0. The Bertz CT molecular complexity index is 2050. The van der Waals surface area contributed by atoms with E-state index in [9.17, 15) is 46.2 Å². The summed E-state index contributed by atoms with van der Waals surface area (Å²) in [6.45, 7) is 0. The van der Waals surface area contributed by atoms with Crippen molar-refractivity contribution in [3.8, 4) is 5.69 Å². The molecule has 3 aromatic rings. The Kier molecular flexibility index (Phi) is 8.13. The second-order valence-electron chi connectivity index (χ2n) is 8.48. The van der Waals surface area contributed by atoms with Crippen molar-refractivity contribution in [3.63, 3.8) is 0 Å². The van der Waals surface area contributed by atoms with Gasteiger partial charge in [0.2, 0.25) is 0 Å². The molecule has 18 heteroatoms. The Morgan fingerprint density at radius 2 is 1.30 bits per heavy atom. The number of hydrogen-bond acceptors (Lipinski definition) is 9. The van der Waals surface area contributed by atoms with Gasteiger partial charge in [-0.25, -0.2) is 14.3 Å². The molecule has 0 saturated carbocycles. The average molecular weight is 631 g/mol. The SMILES string of the molecule is O=C(O)C1=NN(c2ccc(S(=O)(=O)O)cc2)C(=O)C1=CC=CC=Cc1c(C(=O)O)[nH]n(-c2ccc(S(=O)(=O)O)cc2)c1=O. The molecule has 0 unspecified atom stereocenters. The number of hydrogen-bond donors (Lipinski definition) is 5. The fourth-order valence-electron chi connectivity index (χ4n) is 3.74. The first-order valence-corrected chi connectivity index (χ1v) is 14.4. The number of amides is 1. The number of H-pyrrole nitrogens is 1. The number of aliphatic carboxylic acids is 1. The number of aromatic carboxylic acids is 1. The third-order valence-corrected chi connectivity index (χ3v) is 7.48. The third-order valence-electron chi connectivity index (χ3n) is 5.74. The zero-order chi connectivity index (χ0) is 31.7. The highest BCUT2D eigenvalue weighted by molar-refractivity contribution is 7.86. The fourth-order valence-corrected chi connectivity index (χ4v) is 4.70. The molecule has 1 aliphatic rings. The van der Waals surface area contributed by atoms with E-state index in [1.807, 2.05) is 0 Å². The average Bonchev–Trinajstić information content (AvgIpc) is 3.44. The molecular weight excluding hydrogens is 612 g/mol. The lowest BCUT2D eigenvalue weighted by molar-refractivity contribution is -0.129. The molecule has 1 aromatic heterocycles. The monoisotopic (exact) mass is 630 g/mol. The fraction of sp³-hybridized carbons (Fsp3) is 0. The Balaban J connectivity index is 1.59. The van der Waals surface area contributed by atoms with Crippen molar-refractivity contribution in [3.05, 3.63) is 100 Å². The van der Waals surface area contributed by atoms with E-state index < -0.39 is 64.8 Å². The summed E-state index contributed by atoms with van der Waals surface area (Å²) in [5.74, 6) is -3.89. The lowest BCUT2D eigenvalue weighted by Crippen LogP contribution is -2.22. The number of allylic oxidation sites excluding steroid dienone is 4. The van der Waals surface area contributed by atoms with Gasteiger partial charge in [0, 0.05) is 0 Å². The first-order chi connectivity index (χ1) is 20.1. The first kappa shape index (κ1) is 30.5. The molecular formula is C25H18N4O12S2. The van der Waals surface area contributed by atoms with Crippen molar-refractivity contribution in [1.29, 1.82) is 0 Å². The van der Waals surface area contributed by atoms with Crippen molar-refractivity contribution in [2.75, 3.05) is 5.01 Å². The van der Waals surface area contributed by atoms with E-state index in [2.05, 4.69) is 10.2 Å². The van der Waals surface area contributed by atoms with Gasteiger partial charge in [-0.1, -0.05) is 18.2 Å². The molecule has 0 fully saturated rings. The highest BCUT2D eigenvalue weighted by Gasteiger charge is 2.34. The van der Waals surface area contributed by atoms with E-state index >= 15 is 0 Å². The topological polar surface area (TPSA) is 254 Å². The number of aromatic amines is 1. The molecule has 2 aromatic carbocycles. The number of carbonyl (C=O) groups excluding carboxylic acids is 1. The van der Waals surface area contributed by atoms with Gasteiger partial charge in [0.05, 0.1) is 32.3 Å². The van der Waals surface area contributed by atoms with Crippen LogP contribution in [0.5, 0.6) is 0 Å². The minimum Gasteiger partial charge on any atom is -0.477 e. The van der Waals surface area contributed by atoms with Crippen LogP contribution in [0, 0.1) is 0 Å². The van der Waals surface area contributed by atoms with Crippen molar-refractivity contribution in [1.82, 2.24) is 9.78 Å². The molecule has 0 atom stereocenters. The zero-order valence-electron chi connectivity index (χ0n) is 21.2. The van der Waals surface area contributed by atoms with Gasteiger partial charge >= 0.3 is 11.9 Å². The summed E-state index contributed by atoms with van der Waals surface area (Å²) >= 11 is 0. The summed E-state index contributed by atoms with van der Waals surface area (Å²) in [6.07, 6.45) is 5.98. The van der Waals surface area contributed by atoms with Gasteiger partial charge in [-0.15, -0.1) is 0 Å². The van der Waals surface area contributed by atoms with E-state index in [1.165, 1.54) is 30.4 Å². The first-order valence-electron chi connectivity index (χ1n) is 11.5. The van der Waals surface area contributed by atoms with Crippen LogP contribution in [0.4, 0.5) is 5.69 Å². The van der Waals surface area contributed by atoms with Crippen molar-refractivity contribution in [2.24, 2.45) is 5.10 Å². The lowest BCUT2D eigenvalue weighted by atomic mass is 10.1. The van der Waals surface area contributed by atoms with E-state index in [1.54, 1.807) is 0 Å². The van der Waals surface area contributed by atoms with Crippen LogP contribution in [-0.2, 0) is 29.8 Å². The molecule has 0 spiro atoms. The Labute approximate surface area is 241 Å². The second kappa shape index (κ2) is 11.4. The number of benzene rings is 2. The lowest BCUT2D eigenvalue weighted by Gasteiger charge is -2.11. The van der Waals surface area contributed by atoms with Gasteiger partial charge in [-0.3, -0.25) is 23.8 Å². The largest absolute Gasteiger partial charge is 0.477 e. The molecule has 1 amide bonds. The smallest absolute Gasteiger partial charge is 0.357 e. The molecule has 0 radical (unpaired) electrons. The maximum Gasteiger partial charge on any atom is 0.357 e. The number of carboxylic acid groups (broad SMARTS) is 2. The highest BCUT2D eigenvalue weighted by atomic mass is 32.2. The summed E-state index contributed by atoms with van der Waals surface area (Å²) in [5, 5.41) is 25.9. The second-order valence-corrected chi connectivity index (χ2v) is 11.3. The third kappa shape index (κ3) is 6.41. The van der Waals surface area contributed by atoms with Crippen LogP contribution in [0.2, 0.25) is 0 Å². The molecule has 0 bridgehead atoms. The number of carbonyl (C=O) groups is 3. The molecule has 43 heavy (non-hydrogen) atoms. The molecule has 0 saturated heterocycles. The standard InChI is InChI=1S/C25H18N4O12S2/c30-22-18(20(24(32)33)26-28(22)14-6-10-16(11-7-14)42(36,37)38)4-2-1-3-5-19-21(25(34)35)27-29(23(19)31)15-8-12-17(13-9-15)43(39,40)41/h1-13,26H,(H,32,33)(H,34,35)(H,36,37,38)(H,39,40,41). The Hall–Kier alpha value is -5.43. The molecule has 4 rings (SSSR count). The van der Waals surface area contributed by atoms with Crippen molar-refractivity contribution < 1.29 is 50.5 Å². The maximum atomic E-state index is 12.9. The van der Waals surface area contributed by atoms with E-state index in [4.69, 9.17) is 9.11 Å². The summed E-state index contributed by atoms with van der Waals surface area (Å²) in [7, 11) is -9.00. The van der Waals surface area contributed by atoms with Gasteiger partial charge in [-0.2, -0.15) is 26.9 Å². The maximum absolute atomic E-state index is 12.9. The van der Waals surface area contributed by atoms with E-state index in [-0.39, 0.29) is 22.5 Å². The molecule has 5 N–H and O–H groups in total. The van der Waals surface area contributed by atoms with Crippen LogP contribution in [0.25, 0.3) is 11.8 Å². The molecule has 0 aliphatic carbocycles. The number of nitrogens with zero attached hydrogens (tertiary/aromatic N) is 3. The van der Waals surface area contributed by atoms with Gasteiger partial charge in [0.15, 0.2) is 11.4 Å². The summed E-state index contributed by atoms with van der Waals surface area (Å²) in [4.78, 5) is 48.3. The number of aromatic nitrogens is 2. The van der Waals surface area contributed by atoms with Gasteiger partial charge < -0.3 is 10.2 Å². The number of carboxylic acids is 2. The highest BCUT2D eigenvalue weighted by Crippen LogP contribution is 2.25. The molecule has 2 heterocycles. The van der Waals surface area contributed by atoms with Crippen LogP contribution in [0.3, 0.4) is 0 Å². The minimum atomic E-state index is -4.50. The Morgan fingerprint density at radius 3 is 1.79 bits per heavy atom. The number of nitrogens with one attached hydrogen (secondary N) is 1. The van der Waals surface area contributed by atoms with Gasteiger partial charge in [-0.05, 0) is 60.7 Å². The van der Waals surface area contributed by atoms with Crippen LogP contribution < -0.4 is 10.6 Å². The van der Waals surface area contributed by atoms with Gasteiger partial charge in [0.1, 0.15) is 0 Å². The van der Waals surface area contributed by atoms with Crippen LogP contribution in [-0.4, -0.2) is 69.5 Å². The van der Waals surface area contributed by atoms with E-state index in [0.717, 1.165) is 58.2 Å². The van der Waals surface area contributed by atoms with Gasteiger partial charge in [0.25, 0.3) is 31.7 Å². The Morgan fingerprint density at radius 1 is 0.767 bits per heavy atom. The minimum absolute atomic E-state index is 0.0148. The zero-order valence-corrected chi connectivity index (χ0v) is 22.9. The number of rotatable bonds is 9. The summed E-state index contributed by atoms with van der Waals surface area (Å²) in [5.41, 5.74) is -2.51. The predicted molar refractivity (Wildman–Crippen MR) is 148 cm³/mol. The van der Waals surface area contributed by atoms with Crippen LogP contribution in [0.15, 0.2) is 98.1 Å². The van der Waals surface area contributed by atoms with Crippen LogP contribution >= 0.6 is 0 Å². The van der Waals surface area contributed by atoms with Crippen molar-refractivity contribution in [2.45, 2.75) is 9.79 Å². The molecule has 1 aliphatic heterocycles. The van der Waals surface area contributed by atoms with Crippen LogP contribution in [0.1, 0.15) is 16.1 Å². The van der Waals surface area contributed by atoms with E-state index in [0.29, 0.717) is 0 Å². The molecule has 222 valence electrons. The summed E-state index contributed by atoms with van der Waals surface area (Å²) in [6, 6.07) is 8.62. The number of anilines is 1.